The molecule has 1 aliphatic heterocycles. The minimum Gasteiger partial charge on any atom is -0.478 e. The van der Waals surface area contributed by atoms with E-state index in [1.165, 1.54) is 18.2 Å². The Kier molecular flexibility index (Phi) is 6.66. The maximum Gasteiger partial charge on any atom is 0.339 e. The molecular weight excluding hydrogens is 472 g/mol. The number of ether oxygens (including phenoxy) is 1. The van der Waals surface area contributed by atoms with Gasteiger partial charge in [-0.25, -0.2) is 9.59 Å². The summed E-state index contributed by atoms with van der Waals surface area (Å²) in [4.78, 5) is 36.5. The average molecular weight is 491 g/mol. The van der Waals surface area contributed by atoms with E-state index < -0.39 is 17.8 Å². The van der Waals surface area contributed by atoms with Crippen LogP contribution in [0.3, 0.4) is 0 Å². The van der Waals surface area contributed by atoms with Gasteiger partial charge in [0.15, 0.2) is 0 Å². The first kappa shape index (κ1) is 23.7. The molecule has 35 heavy (non-hydrogen) atoms. The van der Waals surface area contributed by atoms with Gasteiger partial charge in [0.05, 0.1) is 33.1 Å². The maximum absolute atomic E-state index is 13.0. The fourth-order valence-corrected chi connectivity index (χ4v) is 3.60. The normalized spacial score (nSPS) is 14.2. The van der Waals surface area contributed by atoms with E-state index in [1.54, 1.807) is 55.5 Å². The Balaban J connectivity index is 1.59. The van der Waals surface area contributed by atoms with Crippen LogP contribution in [0.15, 0.2) is 82.3 Å². The van der Waals surface area contributed by atoms with Gasteiger partial charge in [-0.2, -0.15) is 10.1 Å². The van der Waals surface area contributed by atoms with Crippen LogP contribution in [0, 0.1) is 0 Å². The van der Waals surface area contributed by atoms with Crippen molar-refractivity contribution in [1.82, 2.24) is 0 Å². The van der Waals surface area contributed by atoms with Gasteiger partial charge in [-0.15, -0.1) is 0 Å². The van der Waals surface area contributed by atoms with E-state index in [0.717, 1.165) is 5.01 Å². The van der Waals surface area contributed by atoms with Crippen LogP contribution >= 0.6 is 11.6 Å². The lowest BCUT2D eigenvalue weighted by molar-refractivity contribution is -0.114. The van der Waals surface area contributed by atoms with Crippen molar-refractivity contribution < 1.29 is 28.6 Å². The Morgan fingerprint density at radius 2 is 2.00 bits per heavy atom. The number of benzene rings is 2. The molecule has 0 saturated heterocycles. The first-order valence-electron chi connectivity index (χ1n) is 10.4. The largest absolute Gasteiger partial charge is 0.478 e. The van der Waals surface area contributed by atoms with E-state index in [1.807, 2.05) is 0 Å². The Hall–Kier alpha value is -4.43. The second-order valence-electron chi connectivity index (χ2n) is 7.50. The Morgan fingerprint density at radius 3 is 2.74 bits per heavy atom. The van der Waals surface area contributed by atoms with Crippen molar-refractivity contribution in [2.45, 2.75) is 6.92 Å². The third-order valence-electron chi connectivity index (χ3n) is 5.12. The first-order chi connectivity index (χ1) is 16.8. The van der Waals surface area contributed by atoms with Gasteiger partial charge in [-0.1, -0.05) is 30.3 Å². The van der Waals surface area contributed by atoms with Crippen molar-refractivity contribution >= 4 is 46.9 Å². The van der Waals surface area contributed by atoms with Gasteiger partial charge in [0.25, 0.3) is 5.91 Å². The zero-order chi connectivity index (χ0) is 25.1. The number of amides is 1. The molecule has 0 saturated carbocycles. The fraction of sp³-hybridized carbons (Fsp3) is 0.0769. The standard InChI is InChI=1S/C26H19ClN2O6/c1-3-11-34-26(33)21-13-16(7-9-22(21)27)23-10-8-19(35-23)14-20-15(2)28-29(24(20)30)18-6-4-5-17(12-18)25(31)32/h3-10,12-14H,1,11H2,2H3,(H,31,32)/b20-14-. The van der Waals surface area contributed by atoms with E-state index in [0.29, 0.717) is 34.1 Å². The second kappa shape index (κ2) is 9.82. The third-order valence-corrected chi connectivity index (χ3v) is 5.45. The molecule has 0 spiro atoms. The molecule has 0 bridgehead atoms. The monoisotopic (exact) mass is 490 g/mol. The highest BCUT2D eigenvalue weighted by molar-refractivity contribution is 6.33. The van der Waals surface area contributed by atoms with Crippen LogP contribution < -0.4 is 5.01 Å². The van der Waals surface area contributed by atoms with Gasteiger partial charge in [0.2, 0.25) is 0 Å². The van der Waals surface area contributed by atoms with Gasteiger partial charge in [-0.3, -0.25) is 4.79 Å². The lowest BCUT2D eigenvalue weighted by Crippen LogP contribution is -2.21. The summed E-state index contributed by atoms with van der Waals surface area (Å²) in [5.74, 6) is -1.25. The first-order valence-corrected chi connectivity index (χ1v) is 10.8. The maximum atomic E-state index is 13.0. The molecule has 0 fully saturated rings. The van der Waals surface area contributed by atoms with Gasteiger partial charge in [-0.05, 0) is 61.5 Å². The van der Waals surface area contributed by atoms with Crippen LogP contribution in [-0.2, 0) is 9.53 Å². The summed E-state index contributed by atoms with van der Waals surface area (Å²) in [7, 11) is 0. The number of hydrogen-bond acceptors (Lipinski definition) is 6. The lowest BCUT2D eigenvalue weighted by Gasteiger charge is -2.12. The molecule has 3 aromatic rings. The molecule has 0 aliphatic carbocycles. The quantitative estimate of drug-likeness (QED) is 0.268. The molecule has 2 heterocycles. The van der Waals surface area contributed by atoms with Crippen LogP contribution in [0.2, 0.25) is 5.02 Å². The zero-order valence-corrected chi connectivity index (χ0v) is 19.3. The van der Waals surface area contributed by atoms with Crippen LogP contribution in [0.4, 0.5) is 5.69 Å². The highest BCUT2D eigenvalue weighted by Crippen LogP contribution is 2.30. The van der Waals surface area contributed by atoms with E-state index in [4.69, 9.17) is 20.8 Å². The van der Waals surface area contributed by atoms with Crippen LogP contribution in [-0.4, -0.2) is 35.3 Å². The number of carboxylic acids is 1. The molecule has 4 rings (SSSR count). The third kappa shape index (κ3) is 4.92. The molecule has 1 amide bonds. The van der Waals surface area contributed by atoms with Crippen LogP contribution in [0.5, 0.6) is 0 Å². The lowest BCUT2D eigenvalue weighted by atomic mass is 10.1. The number of rotatable bonds is 7. The second-order valence-corrected chi connectivity index (χ2v) is 7.91. The summed E-state index contributed by atoms with van der Waals surface area (Å²) < 4.78 is 10.9. The summed E-state index contributed by atoms with van der Waals surface area (Å²) in [5.41, 5.74) is 1.93. The minimum absolute atomic E-state index is 0.0481. The highest BCUT2D eigenvalue weighted by atomic mass is 35.5. The van der Waals surface area contributed by atoms with Crippen molar-refractivity contribution in [3.63, 3.8) is 0 Å². The number of carbonyl (C=O) groups is 3. The molecular formula is C26H19ClN2O6. The smallest absolute Gasteiger partial charge is 0.339 e. The number of halogens is 1. The predicted octanol–water partition coefficient (Wildman–Crippen LogP) is 5.45. The van der Waals surface area contributed by atoms with Crippen molar-refractivity contribution in [2.24, 2.45) is 5.10 Å². The van der Waals surface area contributed by atoms with E-state index in [9.17, 15) is 19.5 Å². The Labute approximate surface area is 205 Å². The van der Waals surface area contributed by atoms with Gasteiger partial charge in [0, 0.05) is 5.56 Å². The van der Waals surface area contributed by atoms with Crippen LogP contribution in [0.25, 0.3) is 17.4 Å². The van der Waals surface area contributed by atoms with Gasteiger partial charge >= 0.3 is 11.9 Å². The minimum atomic E-state index is -1.10. The molecule has 8 nitrogen and oxygen atoms in total. The van der Waals surface area contributed by atoms with E-state index in [-0.39, 0.29) is 22.8 Å². The number of carboxylic acid groups (broad SMARTS) is 1. The van der Waals surface area contributed by atoms with E-state index in [2.05, 4.69) is 11.7 Å². The highest BCUT2D eigenvalue weighted by Gasteiger charge is 2.29. The SMILES string of the molecule is C=CCOC(=O)c1cc(-c2ccc(/C=C3\C(=O)N(c4cccc(C(=O)O)c4)N=C3C)o2)ccc1Cl. The molecule has 0 atom stereocenters. The summed E-state index contributed by atoms with van der Waals surface area (Å²) in [6, 6.07) is 14.2. The van der Waals surface area contributed by atoms with Crippen molar-refractivity contribution in [3.8, 4) is 11.3 Å². The Bertz CT molecular complexity index is 1420. The topological polar surface area (TPSA) is 109 Å². The number of carbonyl (C=O) groups excluding carboxylic acids is 2. The number of furan rings is 1. The number of hydrazone groups is 1. The number of esters is 1. The van der Waals surface area contributed by atoms with Crippen molar-refractivity contribution in [3.05, 3.63) is 94.7 Å². The van der Waals surface area contributed by atoms with Crippen LogP contribution in [0.1, 0.15) is 33.4 Å². The number of aromatic carboxylic acids is 1. The predicted molar refractivity (Wildman–Crippen MR) is 132 cm³/mol. The number of anilines is 1. The molecule has 1 aromatic heterocycles. The molecule has 0 radical (unpaired) electrons. The molecule has 2 aromatic carbocycles. The number of hydrogen-bond donors (Lipinski definition) is 1. The molecule has 176 valence electrons. The van der Waals surface area contributed by atoms with Crippen molar-refractivity contribution in [1.29, 1.82) is 0 Å². The zero-order valence-electron chi connectivity index (χ0n) is 18.5. The molecule has 0 unspecified atom stereocenters. The summed E-state index contributed by atoms with van der Waals surface area (Å²) in [6.07, 6.45) is 3.02. The van der Waals surface area contributed by atoms with Gasteiger partial charge < -0.3 is 14.3 Å². The van der Waals surface area contributed by atoms with E-state index >= 15 is 0 Å². The fourth-order valence-electron chi connectivity index (χ4n) is 3.41. The number of nitrogens with zero attached hydrogens (tertiary/aromatic N) is 2. The summed E-state index contributed by atoms with van der Waals surface area (Å²) >= 11 is 6.14. The average Bonchev–Trinajstić information content (AvgIpc) is 3.43. The Morgan fingerprint density at radius 1 is 1.20 bits per heavy atom. The summed E-state index contributed by atoms with van der Waals surface area (Å²) in [5, 5.41) is 14.9. The molecule has 1 N–H and O–H groups in total. The molecule has 1 aliphatic rings. The molecule has 9 heteroatoms. The van der Waals surface area contributed by atoms with Crippen molar-refractivity contribution in [2.75, 3.05) is 11.6 Å². The summed E-state index contributed by atoms with van der Waals surface area (Å²) in [6.45, 7) is 5.25. The van der Waals surface area contributed by atoms with Gasteiger partial charge in [0.1, 0.15) is 18.1 Å².